The van der Waals surface area contributed by atoms with Gasteiger partial charge in [-0.3, -0.25) is 0 Å². The summed E-state index contributed by atoms with van der Waals surface area (Å²) in [7, 11) is 0. The zero-order chi connectivity index (χ0) is 8.88. The van der Waals surface area contributed by atoms with Crippen LogP contribution in [-0.2, 0) is 0 Å². The summed E-state index contributed by atoms with van der Waals surface area (Å²) in [5.41, 5.74) is 7.67. The minimum Gasteiger partial charge on any atom is -0.125 e. The number of thioether (sulfide) groups is 1. The van der Waals surface area contributed by atoms with Gasteiger partial charge in [-0.2, -0.15) is 0 Å². The Labute approximate surface area is 78.4 Å². The summed E-state index contributed by atoms with van der Waals surface area (Å²) in [6.07, 6.45) is 0. The van der Waals surface area contributed by atoms with E-state index in [2.05, 4.69) is 27.7 Å². The summed E-state index contributed by atoms with van der Waals surface area (Å²) in [4.78, 5) is 1.51. The summed E-state index contributed by atoms with van der Waals surface area (Å²) in [5, 5.41) is 0. The molecule has 1 heteroatoms. The van der Waals surface area contributed by atoms with E-state index in [9.17, 15) is 0 Å². The second-order valence-electron chi connectivity index (χ2n) is 3.57. The van der Waals surface area contributed by atoms with E-state index in [4.69, 9.17) is 0 Å². The van der Waals surface area contributed by atoms with Crippen molar-refractivity contribution in [3.05, 3.63) is 32.8 Å². The Morgan fingerprint density at radius 1 is 0.917 bits per heavy atom. The average Bonchev–Trinajstić information content (AvgIpc) is 2.51. The molecule has 0 aromatic rings. The molecule has 64 valence electrons. The summed E-state index contributed by atoms with van der Waals surface area (Å²) >= 11 is 1.99. The van der Waals surface area contributed by atoms with Gasteiger partial charge in [-0.15, -0.1) is 11.8 Å². The Balaban J connectivity index is 2.65. The van der Waals surface area contributed by atoms with Crippen LogP contribution in [0.25, 0.3) is 0 Å². The van der Waals surface area contributed by atoms with Gasteiger partial charge in [0.15, 0.2) is 0 Å². The Kier molecular flexibility index (Phi) is 1.72. The monoisotopic (exact) mass is 178 g/mol. The molecule has 0 N–H and O–H groups in total. The molecule has 0 unspecified atom stereocenters. The van der Waals surface area contributed by atoms with E-state index in [0.29, 0.717) is 0 Å². The molecule has 0 nitrogen and oxygen atoms in total. The predicted molar refractivity (Wildman–Crippen MR) is 56.2 cm³/mol. The number of hydrogen-bond donors (Lipinski definition) is 0. The fourth-order valence-corrected chi connectivity index (χ4v) is 3.16. The van der Waals surface area contributed by atoms with Gasteiger partial charge >= 0.3 is 0 Å². The molecule has 0 amide bonds. The van der Waals surface area contributed by atoms with Crippen LogP contribution in [0.2, 0.25) is 0 Å². The highest BCUT2D eigenvalue weighted by atomic mass is 32.2. The van der Waals surface area contributed by atoms with Crippen LogP contribution in [0.4, 0.5) is 0 Å². The van der Waals surface area contributed by atoms with Crippen LogP contribution in [0, 0.1) is 0 Å². The van der Waals surface area contributed by atoms with Crippen LogP contribution in [0.5, 0.6) is 0 Å². The molecular weight excluding hydrogens is 164 g/mol. The predicted octanol–water partition coefficient (Wildman–Crippen LogP) is 3.67. The lowest BCUT2D eigenvalue weighted by molar-refractivity contribution is 1.31. The van der Waals surface area contributed by atoms with E-state index >= 15 is 0 Å². The van der Waals surface area contributed by atoms with Crippen LogP contribution >= 0.6 is 11.8 Å². The summed E-state index contributed by atoms with van der Waals surface area (Å²) in [6.45, 7) is 8.97. The number of hydrogen-bond acceptors (Lipinski definition) is 1. The van der Waals surface area contributed by atoms with Crippen molar-refractivity contribution < 1.29 is 0 Å². The molecule has 1 aliphatic heterocycles. The minimum atomic E-state index is 1.20. The van der Waals surface area contributed by atoms with Crippen LogP contribution < -0.4 is 0 Å². The third-order valence-corrected chi connectivity index (χ3v) is 4.11. The van der Waals surface area contributed by atoms with Gasteiger partial charge in [-0.05, 0) is 60.5 Å². The SMILES string of the molecule is CC1=C2C(C)=C(C)C(C)=C2CS1. The smallest absolute Gasteiger partial charge is 0.0237 e. The Morgan fingerprint density at radius 2 is 1.58 bits per heavy atom. The molecule has 0 fully saturated rings. The van der Waals surface area contributed by atoms with Crippen molar-refractivity contribution in [2.45, 2.75) is 27.7 Å². The van der Waals surface area contributed by atoms with Gasteiger partial charge < -0.3 is 0 Å². The van der Waals surface area contributed by atoms with E-state index in [1.54, 1.807) is 11.1 Å². The Morgan fingerprint density at radius 3 is 2.17 bits per heavy atom. The quantitative estimate of drug-likeness (QED) is 0.545. The van der Waals surface area contributed by atoms with E-state index in [1.165, 1.54) is 27.4 Å². The molecule has 12 heavy (non-hydrogen) atoms. The highest BCUT2D eigenvalue weighted by molar-refractivity contribution is 8.03. The van der Waals surface area contributed by atoms with Gasteiger partial charge in [0.1, 0.15) is 0 Å². The molecule has 0 radical (unpaired) electrons. The fourth-order valence-electron chi connectivity index (χ4n) is 2.02. The molecule has 1 heterocycles. The molecule has 1 aliphatic carbocycles. The van der Waals surface area contributed by atoms with E-state index < -0.39 is 0 Å². The third kappa shape index (κ3) is 0.861. The van der Waals surface area contributed by atoms with Crippen molar-refractivity contribution in [2.75, 3.05) is 5.75 Å². The van der Waals surface area contributed by atoms with Crippen molar-refractivity contribution in [1.29, 1.82) is 0 Å². The lowest BCUT2D eigenvalue weighted by Crippen LogP contribution is -1.83. The van der Waals surface area contributed by atoms with Crippen molar-refractivity contribution in [1.82, 2.24) is 0 Å². The molecule has 2 aliphatic rings. The average molecular weight is 178 g/mol. The maximum atomic E-state index is 2.25. The lowest BCUT2D eigenvalue weighted by Gasteiger charge is -1.99. The van der Waals surface area contributed by atoms with E-state index in [0.717, 1.165) is 0 Å². The zero-order valence-electron chi connectivity index (χ0n) is 8.12. The molecule has 0 saturated carbocycles. The number of allylic oxidation sites excluding steroid dienone is 5. The molecule has 0 atom stereocenters. The fraction of sp³-hybridized carbons (Fsp3) is 0.455. The molecule has 0 saturated heterocycles. The van der Waals surface area contributed by atoms with Gasteiger partial charge in [0.25, 0.3) is 0 Å². The second kappa shape index (κ2) is 2.53. The van der Waals surface area contributed by atoms with Gasteiger partial charge in [0, 0.05) is 5.75 Å². The van der Waals surface area contributed by atoms with E-state index in [-0.39, 0.29) is 0 Å². The van der Waals surface area contributed by atoms with Gasteiger partial charge in [0.05, 0.1) is 0 Å². The van der Waals surface area contributed by atoms with Crippen molar-refractivity contribution in [3.63, 3.8) is 0 Å². The summed E-state index contributed by atoms with van der Waals surface area (Å²) in [6, 6.07) is 0. The normalized spacial score (nSPS) is 23.0. The van der Waals surface area contributed by atoms with Crippen LogP contribution in [0.3, 0.4) is 0 Å². The minimum absolute atomic E-state index is 1.20. The second-order valence-corrected chi connectivity index (χ2v) is 4.76. The van der Waals surface area contributed by atoms with Gasteiger partial charge in [0.2, 0.25) is 0 Å². The Bertz CT molecular complexity index is 340. The summed E-state index contributed by atoms with van der Waals surface area (Å²) in [5.74, 6) is 1.20. The molecule has 0 spiro atoms. The van der Waals surface area contributed by atoms with Crippen molar-refractivity contribution in [3.8, 4) is 0 Å². The Hall–Kier alpha value is -0.430. The standard InChI is InChI=1S/C11H14S/c1-6-7(2)10-5-12-9(4)11(10)8(6)3/h5H2,1-4H3. The van der Waals surface area contributed by atoms with Gasteiger partial charge in [-0.25, -0.2) is 0 Å². The number of fused-ring (bicyclic) bond motifs is 1. The largest absolute Gasteiger partial charge is 0.125 e. The van der Waals surface area contributed by atoms with Crippen LogP contribution in [0.15, 0.2) is 32.8 Å². The van der Waals surface area contributed by atoms with Crippen molar-refractivity contribution >= 4 is 11.8 Å². The number of rotatable bonds is 0. The van der Waals surface area contributed by atoms with Crippen LogP contribution in [0.1, 0.15) is 27.7 Å². The molecule has 0 aromatic heterocycles. The van der Waals surface area contributed by atoms with E-state index in [1.807, 2.05) is 11.8 Å². The third-order valence-electron chi connectivity index (χ3n) is 3.04. The lowest BCUT2D eigenvalue weighted by atomic mass is 10.1. The first kappa shape index (κ1) is 8.18. The first-order valence-corrected chi connectivity index (χ1v) is 5.33. The highest BCUT2D eigenvalue weighted by Crippen LogP contribution is 2.47. The molecule has 0 bridgehead atoms. The maximum Gasteiger partial charge on any atom is 0.0237 e. The molecule has 0 aromatic carbocycles. The first-order valence-electron chi connectivity index (χ1n) is 4.35. The highest BCUT2D eigenvalue weighted by Gasteiger charge is 2.27. The molecular formula is C11H14S. The molecule has 2 rings (SSSR count). The maximum absolute atomic E-state index is 2.25. The van der Waals surface area contributed by atoms with Crippen LogP contribution in [-0.4, -0.2) is 5.75 Å². The summed E-state index contributed by atoms with van der Waals surface area (Å²) < 4.78 is 0. The van der Waals surface area contributed by atoms with Gasteiger partial charge in [-0.1, -0.05) is 0 Å². The topological polar surface area (TPSA) is 0 Å². The zero-order valence-corrected chi connectivity index (χ0v) is 8.93. The van der Waals surface area contributed by atoms with Crippen molar-refractivity contribution in [2.24, 2.45) is 0 Å². The first-order chi connectivity index (χ1) is 5.63.